The van der Waals surface area contributed by atoms with Crippen LogP contribution in [0.5, 0.6) is 5.75 Å². The van der Waals surface area contributed by atoms with Crippen molar-refractivity contribution in [1.82, 2.24) is 10.2 Å². The molecule has 0 unspecified atom stereocenters. The summed E-state index contributed by atoms with van der Waals surface area (Å²) < 4.78 is 5.45. The van der Waals surface area contributed by atoms with Gasteiger partial charge >= 0.3 is 0 Å². The minimum absolute atomic E-state index is 0.0670. The van der Waals surface area contributed by atoms with E-state index in [1.165, 1.54) is 11.3 Å². The number of hydrogen-bond acceptors (Lipinski definition) is 4. The summed E-state index contributed by atoms with van der Waals surface area (Å²) in [5.41, 5.74) is 2.57. The molecule has 2 aromatic carbocycles. The van der Waals surface area contributed by atoms with E-state index in [0.717, 1.165) is 32.7 Å². The van der Waals surface area contributed by atoms with E-state index in [4.69, 9.17) is 27.9 Å². The van der Waals surface area contributed by atoms with Crippen LogP contribution in [-0.4, -0.2) is 56.7 Å². The molecule has 1 aliphatic heterocycles. The van der Waals surface area contributed by atoms with Gasteiger partial charge in [0.1, 0.15) is 5.75 Å². The van der Waals surface area contributed by atoms with Crippen LogP contribution >= 0.6 is 23.2 Å². The van der Waals surface area contributed by atoms with E-state index in [0.29, 0.717) is 22.3 Å². The van der Waals surface area contributed by atoms with Crippen molar-refractivity contribution in [3.8, 4) is 5.75 Å². The molecule has 28 heavy (non-hydrogen) atoms. The number of rotatable bonds is 7. The number of benzene rings is 2. The molecule has 7 heteroatoms. The predicted molar refractivity (Wildman–Crippen MR) is 115 cm³/mol. The zero-order valence-corrected chi connectivity index (χ0v) is 17.5. The van der Waals surface area contributed by atoms with Crippen molar-refractivity contribution in [3.63, 3.8) is 0 Å². The first-order valence-corrected chi connectivity index (χ1v) is 10.2. The van der Waals surface area contributed by atoms with Gasteiger partial charge in [0.2, 0.25) is 0 Å². The molecule has 0 radical (unpaired) electrons. The van der Waals surface area contributed by atoms with Crippen LogP contribution in [0, 0.1) is 6.92 Å². The van der Waals surface area contributed by atoms with Gasteiger partial charge < -0.3 is 15.0 Å². The van der Waals surface area contributed by atoms with Crippen LogP contribution in [0.15, 0.2) is 42.5 Å². The van der Waals surface area contributed by atoms with E-state index in [2.05, 4.69) is 46.3 Å². The average molecular weight is 422 g/mol. The highest BCUT2D eigenvalue weighted by Gasteiger charge is 2.17. The zero-order chi connectivity index (χ0) is 19.9. The maximum Gasteiger partial charge on any atom is 0.257 e. The van der Waals surface area contributed by atoms with Crippen LogP contribution in [0.2, 0.25) is 10.0 Å². The lowest BCUT2D eigenvalue weighted by atomic mass is 10.2. The summed E-state index contributed by atoms with van der Waals surface area (Å²) in [6.07, 6.45) is 0. The molecule has 0 aliphatic carbocycles. The number of nitrogens with one attached hydrogen (secondary N) is 1. The van der Waals surface area contributed by atoms with Crippen molar-refractivity contribution in [1.29, 1.82) is 0 Å². The molecule has 1 N–H and O–H groups in total. The van der Waals surface area contributed by atoms with Gasteiger partial charge in [-0.3, -0.25) is 9.69 Å². The highest BCUT2D eigenvalue weighted by atomic mass is 35.5. The normalized spacial score (nSPS) is 14.8. The molecular weight excluding hydrogens is 397 g/mol. The number of piperazine rings is 1. The lowest BCUT2D eigenvalue weighted by molar-refractivity contribution is -0.123. The average Bonchev–Trinajstić information content (AvgIpc) is 2.68. The molecule has 5 nitrogen and oxygen atoms in total. The quantitative estimate of drug-likeness (QED) is 0.741. The van der Waals surface area contributed by atoms with Crippen LogP contribution < -0.4 is 15.0 Å². The van der Waals surface area contributed by atoms with E-state index in [1.54, 1.807) is 18.2 Å². The lowest BCUT2D eigenvalue weighted by Crippen LogP contribution is -2.48. The van der Waals surface area contributed by atoms with Gasteiger partial charge in [-0.15, -0.1) is 0 Å². The summed E-state index contributed by atoms with van der Waals surface area (Å²) >= 11 is 11.9. The number of carbonyl (C=O) groups excluding carboxylic acids is 1. The minimum Gasteiger partial charge on any atom is -0.482 e. The van der Waals surface area contributed by atoms with Crippen molar-refractivity contribution in [3.05, 3.63) is 58.1 Å². The van der Waals surface area contributed by atoms with E-state index in [9.17, 15) is 4.79 Å². The van der Waals surface area contributed by atoms with Crippen LogP contribution in [-0.2, 0) is 4.79 Å². The third kappa shape index (κ3) is 6.03. The molecule has 0 saturated carbocycles. The van der Waals surface area contributed by atoms with E-state index < -0.39 is 0 Å². The molecule has 0 spiro atoms. The third-order valence-corrected chi connectivity index (χ3v) is 5.27. The molecule has 0 aromatic heterocycles. The Morgan fingerprint density at radius 2 is 1.89 bits per heavy atom. The molecule has 1 aliphatic rings. The largest absolute Gasteiger partial charge is 0.482 e. The first kappa shape index (κ1) is 20.8. The van der Waals surface area contributed by atoms with E-state index >= 15 is 0 Å². The maximum atomic E-state index is 12.0. The summed E-state index contributed by atoms with van der Waals surface area (Å²) in [6.45, 7) is 7.44. The molecule has 1 fully saturated rings. The van der Waals surface area contributed by atoms with Gasteiger partial charge in [-0.25, -0.2) is 0 Å². The number of hydrogen-bond donors (Lipinski definition) is 1. The van der Waals surface area contributed by atoms with Crippen LogP contribution in [0.1, 0.15) is 5.56 Å². The van der Waals surface area contributed by atoms with Crippen LogP contribution in [0.3, 0.4) is 0 Å². The standard InChI is InChI=1S/C21H25Cl2N3O2/c1-16-3-2-4-18(13-16)26-11-9-25(10-12-26)8-7-24-21(27)15-28-20-6-5-17(22)14-19(20)23/h2-6,13-14H,7-12,15H2,1H3,(H,24,27). The second kappa shape index (κ2) is 10.0. The summed E-state index contributed by atoms with van der Waals surface area (Å²) in [5.74, 6) is 0.290. The van der Waals surface area contributed by atoms with Gasteiger partial charge in [-0.2, -0.15) is 0 Å². The highest BCUT2D eigenvalue weighted by molar-refractivity contribution is 6.35. The Labute approximate surface area is 176 Å². The molecule has 0 atom stereocenters. The highest BCUT2D eigenvalue weighted by Crippen LogP contribution is 2.27. The number of anilines is 1. The Bertz CT molecular complexity index is 808. The summed E-state index contributed by atoms with van der Waals surface area (Å²) in [6, 6.07) is 13.5. The maximum absolute atomic E-state index is 12.0. The van der Waals surface area contributed by atoms with Gasteiger partial charge in [-0.1, -0.05) is 35.3 Å². The zero-order valence-electron chi connectivity index (χ0n) is 16.0. The fourth-order valence-electron chi connectivity index (χ4n) is 3.19. The number of ether oxygens (including phenoxy) is 1. The Kier molecular flexibility index (Phi) is 7.43. The van der Waals surface area contributed by atoms with Gasteiger partial charge in [0.05, 0.1) is 5.02 Å². The Morgan fingerprint density at radius 3 is 2.61 bits per heavy atom. The monoisotopic (exact) mass is 421 g/mol. The van der Waals surface area contributed by atoms with Crippen LogP contribution in [0.25, 0.3) is 0 Å². The molecule has 2 aromatic rings. The summed E-state index contributed by atoms with van der Waals surface area (Å²) in [5, 5.41) is 3.82. The summed E-state index contributed by atoms with van der Waals surface area (Å²) in [7, 11) is 0. The SMILES string of the molecule is Cc1cccc(N2CCN(CCNC(=O)COc3ccc(Cl)cc3Cl)CC2)c1. The number of aryl methyl sites for hydroxylation is 1. The third-order valence-electron chi connectivity index (χ3n) is 4.74. The molecule has 0 bridgehead atoms. The van der Waals surface area contributed by atoms with Gasteiger partial charge in [0, 0.05) is 50.0 Å². The number of halogens is 2. The Hall–Kier alpha value is -1.95. The van der Waals surface area contributed by atoms with Gasteiger partial charge in [-0.05, 0) is 42.8 Å². The number of nitrogens with zero attached hydrogens (tertiary/aromatic N) is 2. The molecule has 1 saturated heterocycles. The first-order chi connectivity index (χ1) is 13.5. The minimum atomic E-state index is -0.163. The van der Waals surface area contributed by atoms with Crippen molar-refractivity contribution in [2.24, 2.45) is 0 Å². The second-order valence-electron chi connectivity index (χ2n) is 6.88. The summed E-state index contributed by atoms with van der Waals surface area (Å²) in [4.78, 5) is 16.7. The smallest absolute Gasteiger partial charge is 0.257 e. The van der Waals surface area contributed by atoms with Crippen molar-refractivity contribution in [2.45, 2.75) is 6.92 Å². The number of amides is 1. The van der Waals surface area contributed by atoms with Crippen molar-refractivity contribution < 1.29 is 9.53 Å². The van der Waals surface area contributed by atoms with E-state index in [-0.39, 0.29) is 12.5 Å². The molecular formula is C21H25Cl2N3O2. The van der Waals surface area contributed by atoms with Crippen molar-refractivity contribution in [2.75, 3.05) is 50.8 Å². The molecule has 150 valence electrons. The Balaban J connectivity index is 1.34. The number of carbonyl (C=O) groups is 1. The second-order valence-corrected chi connectivity index (χ2v) is 7.72. The lowest BCUT2D eigenvalue weighted by Gasteiger charge is -2.36. The first-order valence-electron chi connectivity index (χ1n) is 9.40. The predicted octanol–water partition coefficient (Wildman–Crippen LogP) is 3.62. The molecule has 1 heterocycles. The van der Waals surface area contributed by atoms with Gasteiger partial charge in [0.15, 0.2) is 6.61 Å². The Morgan fingerprint density at radius 1 is 1.11 bits per heavy atom. The topological polar surface area (TPSA) is 44.8 Å². The van der Waals surface area contributed by atoms with E-state index in [1.807, 2.05) is 0 Å². The molecule has 1 amide bonds. The van der Waals surface area contributed by atoms with Crippen molar-refractivity contribution >= 4 is 34.8 Å². The fraction of sp³-hybridized carbons (Fsp3) is 0.381. The van der Waals surface area contributed by atoms with Crippen LogP contribution in [0.4, 0.5) is 5.69 Å². The fourth-order valence-corrected chi connectivity index (χ4v) is 3.66. The van der Waals surface area contributed by atoms with Gasteiger partial charge in [0.25, 0.3) is 5.91 Å². The molecule has 3 rings (SSSR count).